The minimum Gasteiger partial charge on any atom is -0.492 e. The van der Waals surface area contributed by atoms with Crippen LogP contribution in [0.5, 0.6) is 5.75 Å². The fourth-order valence-electron chi connectivity index (χ4n) is 2.29. The van der Waals surface area contributed by atoms with E-state index in [0.29, 0.717) is 18.0 Å². The molecule has 5 nitrogen and oxygen atoms in total. The zero-order valence-electron chi connectivity index (χ0n) is 13.6. The number of thiophene rings is 1. The third-order valence-electron chi connectivity index (χ3n) is 3.63. The summed E-state index contributed by atoms with van der Waals surface area (Å²) in [5.74, 6) is 0.841. The Hall–Kier alpha value is -1.77. The van der Waals surface area contributed by atoms with Crippen LogP contribution in [0.15, 0.2) is 39.4 Å². The van der Waals surface area contributed by atoms with Gasteiger partial charge in [0.15, 0.2) is 0 Å². The number of anilines is 1. The molecular weight excluding hydrogens is 364 g/mol. The number of benzene rings is 1. The van der Waals surface area contributed by atoms with E-state index in [0.717, 1.165) is 5.56 Å². The van der Waals surface area contributed by atoms with Crippen LogP contribution in [0.3, 0.4) is 0 Å². The monoisotopic (exact) mass is 382 g/mol. The van der Waals surface area contributed by atoms with Gasteiger partial charge in [0.1, 0.15) is 5.75 Å². The molecular formula is C16H18N2O3S3. The lowest BCUT2D eigenvalue weighted by molar-refractivity contribution is 0.341. The lowest BCUT2D eigenvalue weighted by atomic mass is 9.95. The maximum atomic E-state index is 10.8. The van der Waals surface area contributed by atoms with E-state index in [1.54, 1.807) is 23.3 Å². The predicted octanol–water partition coefficient (Wildman–Crippen LogP) is 4.08. The smallest absolute Gasteiger partial charge is 0.318 e. The van der Waals surface area contributed by atoms with Crippen molar-refractivity contribution in [3.05, 3.63) is 46.2 Å². The molecule has 1 heterocycles. The van der Waals surface area contributed by atoms with Crippen LogP contribution >= 0.6 is 23.6 Å². The molecule has 0 aliphatic rings. The first-order valence-corrected chi connectivity index (χ1v) is 9.70. The molecule has 1 atom stereocenters. The van der Waals surface area contributed by atoms with Crippen LogP contribution < -0.4 is 9.64 Å². The van der Waals surface area contributed by atoms with Crippen molar-refractivity contribution in [3.8, 4) is 5.75 Å². The molecule has 128 valence electrons. The van der Waals surface area contributed by atoms with E-state index in [4.69, 9.17) is 17.0 Å². The molecule has 0 radical (unpaired) electrons. The largest absolute Gasteiger partial charge is 0.492 e. The maximum absolute atomic E-state index is 10.8. The number of hydrogen-bond acceptors (Lipinski definition) is 5. The molecule has 1 aromatic heterocycles. The minimum absolute atomic E-state index is 0.0374. The first-order valence-electron chi connectivity index (χ1n) is 7.31. The molecule has 1 unspecified atom stereocenters. The van der Waals surface area contributed by atoms with Gasteiger partial charge in [-0.1, -0.05) is 13.0 Å². The Kier molecular flexibility index (Phi) is 6.47. The van der Waals surface area contributed by atoms with Crippen molar-refractivity contribution < 1.29 is 13.2 Å². The number of ether oxygens (including phenoxy) is 1. The van der Waals surface area contributed by atoms with Gasteiger partial charge in [-0.05, 0) is 59.2 Å². The summed E-state index contributed by atoms with van der Waals surface area (Å²) in [6.45, 7) is 4.51. The van der Waals surface area contributed by atoms with Crippen molar-refractivity contribution in [1.29, 1.82) is 0 Å². The Labute approximate surface area is 152 Å². The minimum atomic E-state index is -2.59. The Morgan fingerprint density at radius 2 is 2.12 bits per heavy atom. The summed E-state index contributed by atoms with van der Waals surface area (Å²) < 4.78 is 30.6. The summed E-state index contributed by atoms with van der Waals surface area (Å²) in [5, 5.41) is 4.13. The summed E-state index contributed by atoms with van der Waals surface area (Å²) in [6, 6.07) is 7.94. The first kappa shape index (κ1) is 18.6. The van der Waals surface area contributed by atoms with Gasteiger partial charge in [0, 0.05) is 13.0 Å². The van der Waals surface area contributed by atoms with Crippen LogP contribution in [-0.4, -0.2) is 27.2 Å². The molecule has 2 aromatic rings. The van der Waals surface area contributed by atoms with Crippen molar-refractivity contribution in [3.63, 3.8) is 0 Å². The highest BCUT2D eigenvalue weighted by atomic mass is 32.2. The number of rotatable bonds is 5. The van der Waals surface area contributed by atoms with Gasteiger partial charge in [-0.3, -0.25) is 0 Å². The Bertz CT molecular complexity index is 837. The van der Waals surface area contributed by atoms with Gasteiger partial charge in [-0.25, -0.2) is 0 Å². The molecule has 2 rings (SSSR count). The summed E-state index contributed by atoms with van der Waals surface area (Å²) in [7, 11) is -0.910. The lowest BCUT2D eigenvalue weighted by Gasteiger charge is -2.22. The molecule has 0 spiro atoms. The molecule has 0 aliphatic carbocycles. The van der Waals surface area contributed by atoms with E-state index in [9.17, 15) is 8.42 Å². The van der Waals surface area contributed by atoms with Crippen LogP contribution in [0.2, 0.25) is 0 Å². The van der Waals surface area contributed by atoms with Gasteiger partial charge in [0.25, 0.3) is 0 Å². The van der Waals surface area contributed by atoms with E-state index in [1.807, 2.05) is 30.5 Å². The second kappa shape index (κ2) is 8.36. The van der Waals surface area contributed by atoms with E-state index >= 15 is 0 Å². The summed E-state index contributed by atoms with van der Waals surface area (Å²) in [4.78, 5) is 1.54. The van der Waals surface area contributed by atoms with Crippen molar-refractivity contribution in [2.45, 2.75) is 19.8 Å². The normalized spacial score (nSPS) is 11.6. The van der Waals surface area contributed by atoms with Crippen molar-refractivity contribution in [2.75, 3.05) is 18.6 Å². The van der Waals surface area contributed by atoms with Gasteiger partial charge in [-0.15, -0.1) is 4.36 Å². The second-order valence-corrected chi connectivity index (χ2v) is 6.85. The highest BCUT2D eigenvalue weighted by Gasteiger charge is 2.17. The molecule has 0 amide bonds. The molecule has 24 heavy (non-hydrogen) atoms. The summed E-state index contributed by atoms with van der Waals surface area (Å²) >= 11 is 6.74. The highest BCUT2D eigenvalue weighted by molar-refractivity contribution is 7.81. The molecule has 0 aliphatic heterocycles. The van der Waals surface area contributed by atoms with Crippen LogP contribution in [0.25, 0.3) is 0 Å². The average molecular weight is 383 g/mol. The van der Waals surface area contributed by atoms with Gasteiger partial charge in [0.2, 0.25) is 5.11 Å². The quantitative estimate of drug-likeness (QED) is 0.729. The van der Waals surface area contributed by atoms with E-state index in [-0.39, 0.29) is 11.0 Å². The van der Waals surface area contributed by atoms with E-state index < -0.39 is 10.5 Å². The second-order valence-electron chi connectivity index (χ2n) is 5.09. The SMILES string of the molecule is CCOc1ccc(C(C)c2ccsc2)cc1N(C)C(=S)N=S(=O)=O. The van der Waals surface area contributed by atoms with E-state index in [1.165, 1.54) is 5.56 Å². The van der Waals surface area contributed by atoms with Gasteiger partial charge in [0.05, 0.1) is 12.3 Å². The Morgan fingerprint density at radius 1 is 1.38 bits per heavy atom. The van der Waals surface area contributed by atoms with Crippen molar-refractivity contribution in [1.82, 2.24) is 0 Å². The molecule has 0 bridgehead atoms. The van der Waals surface area contributed by atoms with E-state index in [2.05, 4.69) is 22.7 Å². The number of hydrogen-bond donors (Lipinski definition) is 0. The van der Waals surface area contributed by atoms with Crippen molar-refractivity contribution in [2.24, 2.45) is 4.36 Å². The maximum Gasteiger partial charge on any atom is 0.318 e. The van der Waals surface area contributed by atoms with Gasteiger partial charge < -0.3 is 9.64 Å². The zero-order chi connectivity index (χ0) is 17.7. The third kappa shape index (κ3) is 4.40. The van der Waals surface area contributed by atoms with Crippen molar-refractivity contribution >= 4 is 44.9 Å². The van der Waals surface area contributed by atoms with Crippen LogP contribution in [0, 0.1) is 0 Å². The fourth-order valence-corrected chi connectivity index (χ4v) is 3.57. The molecule has 8 heteroatoms. The number of thiocarbonyl (C=S) groups is 1. The molecule has 0 N–H and O–H groups in total. The predicted molar refractivity (Wildman–Crippen MR) is 102 cm³/mol. The molecule has 0 saturated heterocycles. The molecule has 0 fully saturated rings. The summed E-state index contributed by atoms with van der Waals surface area (Å²) in [5.41, 5.74) is 3.01. The third-order valence-corrected chi connectivity index (χ3v) is 5.13. The van der Waals surface area contributed by atoms with Crippen LogP contribution in [-0.2, 0) is 10.5 Å². The zero-order valence-corrected chi connectivity index (χ0v) is 16.0. The lowest BCUT2D eigenvalue weighted by Crippen LogP contribution is -2.23. The van der Waals surface area contributed by atoms with Gasteiger partial charge in [-0.2, -0.15) is 19.8 Å². The van der Waals surface area contributed by atoms with Gasteiger partial charge >= 0.3 is 10.5 Å². The Balaban J connectivity index is 2.44. The average Bonchev–Trinajstić information content (AvgIpc) is 3.08. The van der Waals surface area contributed by atoms with Crippen LogP contribution in [0.1, 0.15) is 30.9 Å². The molecule has 0 saturated carbocycles. The standard InChI is InChI=1S/C16H18N2O3S3/c1-4-21-15-6-5-12(11(2)13-7-8-23-10-13)9-14(15)18(3)16(22)17-24(19)20/h5-11H,4H2,1-3H3. The molecule has 1 aromatic carbocycles. The Morgan fingerprint density at radius 3 is 2.71 bits per heavy atom. The fraction of sp³-hybridized carbons (Fsp3) is 0.312. The highest BCUT2D eigenvalue weighted by Crippen LogP contribution is 2.34. The number of nitrogens with zero attached hydrogens (tertiary/aromatic N) is 2. The summed E-state index contributed by atoms with van der Waals surface area (Å²) in [6.07, 6.45) is 0. The van der Waals surface area contributed by atoms with Crippen LogP contribution in [0.4, 0.5) is 5.69 Å². The first-order chi connectivity index (χ1) is 11.4. The topological polar surface area (TPSA) is 59.0 Å².